The lowest BCUT2D eigenvalue weighted by Gasteiger charge is -2.08. The van der Waals surface area contributed by atoms with E-state index < -0.39 is 0 Å². The van der Waals surface area contributed by atoms with Gasteiger partial charge in [-0.25, -0.2) is 0 Å². The van der Waals surface area contributed by atoms with Gasteiger partial charge in [-0.1, -0.05) is 43.0 Å². The van der Waals surface area contributed by atoms with E-state index in [4.69, 9.17) is 0 Å². The fraction of sp³-hybridized carbons (Fsp3) is 0.200. The van der Waals surface area contributed by atoms with Crippen molar-refractivity contribution in [2.75, 3.05) is 0 Å². The lowest BCUT2D eigenvalue weighted by Crippen LogP contribution is -1.92. The van der Waals surface area contributed by atoms with Crippen LogP contribution in [-0.4, -0.2) is 5.11 Å². The van der Waals surface area contributed by atoms with E-state index in [1.165, 1.54) is 15.4 Å². The van der Waals surface area contributed by atoms with Crippen molar-refractivity contribution in [2.24, 2.45) is 0 Å². The van der Waals surface area contributed by atoms with Crippen LogP contribution in [0.4, 0.5) is 0 Å². The van der Waals surface area contributed by atoms with Gasteiger partial charge in [-0.2, -0.15) is 0 Å². The van der Waals surface area contributed by atoms with Crippen molar-refractivity contribution < 1.29 is 5.11 Å². The number of hydrogen-bond donors (Lipinski definition) is 1. The smallest absolute Gasteiger partial charge is 0.0684 e. The average Bonchev–Trinajstić information content (AvgIpc) is 2.40. The molecule has 88 valence electrons. The molecule has 2 heteroatoms. The van der Waals surface area contributed by atoms with Crippen molar-refractivity contribution >= 4 is 11.8 Å². The van der Waals surface area contributed by atoms with Crippen molar-refractivity contribution in [3.05, 3.63) is 59.7 Å². The van der Waals surface area contributed by atoms with Crippen molar-refractivity contribution in [3.63, 3.8) is 0 Å². The van der Waals surface area contributed by atoms with Crippen molar-refractivity contribution in [1.82, 2.24) is 0 Å². The first-order valence-electron chi connectivity index (χ1n) is 5.79. The second-order valence-electron chi connectivity index (χ2n) is 3.86. The number of rotatable bonds is 4. The number of hydrogen-bond acceptors (Lipinski definition) is 2. The molecule has 0 saturated carbocycles. The largest absolute Gasteiger partial charge is 0.392 e. The van der Waals surface area contributed by atoms with Gasteiger partial charge in [-0.15, -0.1) is 0 Å². The van der Waals surface area contributed by atoms with Gasteiger partial charge in [0, 0.05) is 9.79 Å². The van der Waals surface area contributed by atoms with Crippen LogP contribution in [0, 0.1) is 0 Å². The minimum Gasteiger partial charge on any atom is -0.392 e. The molecule has 0 fully saturated rings. The quantitative estimate of drug-likeness (QED) is 0.880. The summed E-state index contributed by atoms with van der Waals surface area (Å²) in [6.45, 7) is 2.24. The van der Waals surface area contributed by atoms with Crippen LogP contribution in [0.1, 0.15) is 18.1 Å². The van der Waals surface area contributed by atoms with E-state index in [9.17, 15) is 5.11 Å². The molecule has 0 unspecified atom stereocenters. The second kappa shape index (κ2) is 5.89. The molecule has 0 spiro atoms. The van der Waals surface area contributed by atoms with Gasteiger partial charge >= 0.3 is 0 Å². The Morgan fingerprint density at radius 1 is 0.941 bits per heavy atom. The van der Waals surface area contributed by atoms with Crippen LogP contribution in [0.15, 0.2) is 58.3 Å². The Labute approximate surface area is 107 Å². The molecule has 0 radical (unpaired) electrons. The molecular weight excluding hydrogens is 228 g/mol. The highest BCUT2D eigenvalue weighted by molar-refractivity contribution is 7.99. The topological polar surface area (TPSA) is 20.2 Å². The predicted octanol–water partition coefficient (Wildman–Crippen LogP) is 3.89. The summed E-state index contributed by atoms with van der Waals surface area (Å²) in [6, 6.07) is 16.6. The average molecular weight is 244 g/mol. The summed E-state index contributed by atoms with van der Waals surface area (Å²) in [5.41, 5.74) is 2.26. The highest BCUT2D eigenvalue weighted by Crippen LogP contribution is 2.29. The van der Waals surface area contributed by atoms with Crippen molar-refractivity contribution in [1.29, 1.82) is 0 Å². The van der Waals surface area contributed by atoms with Crippen molar-refractivity contribution in [3.8, 4) is 0 Å². The minimum atomic E-state index is 0.124. The highest BCUT2D eigenvalue weighted by atomic mass is 32.2. The first kappa shape index (κ1) is 12.2. The van der Waals surface area contributed by atoms with Gasteiger partial charge in [-0.05, 0) is 41.8 Å². The highest BCUT2D eigenvalue weighted by Gasteiger charge is 2.02. The Balaban J connectivity index is 2.22. The summed E-state index contributed by atoms with van der Waals surface area (Å²) in [6.07, 6.45) is 0.957. The fourth-order valence-electron chi connectivity index (χ4n) is 1.77. The lowest BCUT2D eigenvalue weighted by molar-refractivity contribution is 0.280. The van der Waals surface area contributed by atoms with E-state index in [1.807, 2.05) is 24.3 Å². The van der Waals surface area contributed by atoms with Gasteiger partial charge in [0.2, 0.25) is 0 Å². The molecule has 0 atom stereocenters. The number of benzene rings is 2. The van der Waals surface area contributed by atoms with Gasteiger partial charge in [0.15, 0.2) is 0 Å². The van der Waals surface area contributed by atoms with Gasteiger partial charge < -0.3 is 5.11 Å². The summed E-state index contributed by atoms with van der Waals surface area (Å²) in [7, 11) is 0. The summed E-state index contributed by atoms with van der Waals surface area (Å²) in [4.78, 5) is 2.47. The normalized spacial score (nSPS) is 10.5. The third-order valence-electron chi connectivity index (χ3n) is 2.71. The Hall–Kier alpha value is -1.25. The molecule has 2 aromatic rings. The van der Waals surface area contributed by atoms with E-state index in [0.29, 0.717) is 0 Å². The van der Waals surface area contributed by atoms with Gasteiger partial charge in [0.1, 0.15) is 0 Å². The van der Waals surface area contributed by atoms with Crippen LogP contribution >= 0.6 is 11.8 Å². The molecule has 1 nitrogen and oxygen atoms in total. The van der Waals surface area contributed by atoms with E-state index in [0.717, 1.165) is 12.0 Å². The molecule has 2 aromatic carbocycles. The molecule has 0 aliphatic rings. The minimum absolute atomic E-state index is 0.124. The maximum atomic E-state index is 9.22. The van der Waals surface area contributed by atoms with Gasteiger partial charge in [0.05, 0.1) is 6.61 Å². The van der Waals surface area contributed by atoms with E-state index >= 15 is 0 Å². The lowest BCUT2D eigenvalue weighted by atomic mass is 10.1. The van der Waals surface area contributed by atoms with E-state index in [-0.39, 0.29) is 6.61 Å². The maximum absolute atomic E-state index is 9.22. The SMILES string of the molecule is CCc1cc(Sc2ccccc2)ccc1CO. The molecule has 0 bridgehead atoms. The second-order valence-corrected chi connectivity index (χ2v) is 5.00. The third kappa shape index (κ3) is 3.11. The van der Waals surface area contributed by atoms with Gasteiger partial charge in [-0.3, -0.25) is 0 Å². The van der Waals surface area contributed by atoms with Crippen LogP contribution in [0.3, 0.4) is 0 Å². The zero-order valence-electron chi connectivity index (χ0n) is 9.89. The van der Waals surface area contributed by atoms with Crippen LogP contribution in [0.5, 0.6) is 0 Å². The molecular formula is C15H16OS. The van der Waals surface area contributed by atoms with E-state index in [2.05, 4.69) is 31.2 Å². The van der Waals surface area contributed by atoms with Crippen molar-refractivity contribution in [2.45, 2.75) is 29.7 Å². The number of aryl methyl sites for hydroxylation is 1. The zero-order chi connectivity index (χ0) is 12.1. The maximum Gasteiger partial charge on any atom is 0.0684 e. The molecule has 17 heavy (non-hydrogen) atoms. The number of aliphatic hydroxyl groups is 1. The first-order valence-corrected chi connectivity index (χ1v) is 6.60. The first-order chi connectivity index (χ1) is 8.33. The molecule has 0 aliphatic carbocycles. The molecule has 1 N–H and O–H groups in total. The van der Waals surface area contributed by atoms with Crippen LogP contribution in [-0.2, 0) is 13.0 Å². The zero-order valence-corrected chi connectivity index (χ0v) is 10.7. The molecule has 0 aliphatic heterocycles. The molecule has 0 heterocycles. The summed E-state index contributed by atoms with van der Waals surface area (Å²) in [5.74, 6) is 0. The number of aliphatic hydroxyl groups excluding tert-OH is 1. The Morgan fingerprint density at radius 2 is 1.71 bits per heavy atom. The predicted molar refractivity (Wildman–Crippen MR) is 72.3 cm³/mol. The molecule has 0 saturated heterocycles. The van der Waals surface area contributed by atoms with E-state index in [1.54, 1.807) is 11.8 Å². The third-order valence-corrected chi connectivity index (χ3v) is 3.71. The standard InChI is InChI=1S/C15H16OS/c1-2-12-10-15(9-8-13(12)11-16)17-14-6-4-3-5-7-14/h3-10,16H,2,11H2,1H3. The van der Waals surface area contributed by atoms with Crippen LogP contribution in [0.2, 0.25) is 0 Å². The Bertz CT molecular complexity index is 480. The summed E-state index contributed by atoms with van der Waals surface area (Å²) < 4.78 is 0. The van der Waals surface area contributed by atoms with Crippen LogP contribution in [0.25, 0.3) is 0 Å². The van der Waals surface area contributed by atoms with Gasteiger partial charge in [0.25, 0.3) is 0 Å². The summed E-state index contributed by atoms with van der Waals surface area (Å²) in [5, 5.41) is 9.22. The monoisotopic (exact) mass is 244 g/mol. The Kier molecular flexibility index (Phi) is 4.24. The molecule has 0 aromatic heterocycles. The summed E-state index contributed by atoms with van der Waals surface area (Å²) >= 11 is 1.75. The molecule has 2 rings (SSSR count). The van der Waals surface area contributed by atoms with Crippen LogP contribution < -0.4 is 0 Å². The fourth-order valence-corrected chi connectivity index (χ4v) is 2.68. The Morgan fingerprint density at radius 3 is 2.35 bits per heavy atom. The molecule has 0 amide bonds.